The Kier molecular flexibility index (Phi) is 2.52. The first kappa shape index (κ1) is 9.97. The van der Waals surface area contributed by atoms with Crippen molar-refractivity contribution in [3.63, 3.8) is 0 Å². The Labute approximate surface area is 85.8 Å². The van der Waals surface area contributed by atoms with Crippen LogP contribution < -0.4 is 5.32 Å². The summed E-state index contributed by atoms with van der Waals surface area (Å²) in [6.45, 7) is 7.46. The maximum atomic E-state index is 11.8. The number of amides is 1. The van der Waals surface area contributed by atoms with Crippen LogP contribution in [-0.4, -0.2) is 36.5 Å². The summed E-state index contributed by atoms with van der Waals surface area (Å²) in [4.78, 5) is 13.9. The number of hydrogen-bond donors (Lipinski definition) is 1. The van der Waals surface area contributed by atoms with E-state index in [1.54, 1.807) is 0 Å². The van der Waals surface area contributed by atoms with Gasteiger partial charge in [0, 0.05) is 19.0 Å². The molecule has 14 heavy (non-hydrogen) atoms. The second-order valence-corrected chi connectivity index (χ2v) is 5.34. The van der Waals surface area contributed by atoms with Crippen LogP contribution in [-0.2, 0) is 4.79 Å². The topological polar surface area (TPSA) is 32.3 Å². The van der Waals surface area contributed by atoms with E-state index >= 15 is 0 Å². The molecule has 0 unspecified atom stereocenters. The predicted octanol–water partition coefficient (Wildman–Crippen LogP) is 0.997. The Hall–Kier alpha value is -0.570. The Morgan fingerprint density at radius 3 is 2.50 bits per heavy atom. The lowest BCUT2D eigenvalue weighted by atomic mass is 9.93. The SMILES string of the molecule is CC1(C)CC(=O)N(C2CCNCC2)C1. The zero-order chi connectivity index (χ0) is 10.2. The molecule has 2 aliphatic rings. The second-order valence-electron chi connectivity index (χ2n) is 5.34. The molecule has 2 rings (SSSR count). The molecule has 0 atom stereocenters. The van der Waals surface area contributed by atoms with Crippen molar-refractivity contribution in [1.29, 1.82) is 0 Å². The summed E-state index contributed by atoms with van der Waals surface area (Å²) >= 11 is 0. The Morgan fingerprint density at radius 2 is 2.00 bits per heavy atom. The molecule has 0 radical (unpaired) electrons. The Morgan fingerprint density at radius 1 is 1.36 bits per heavy atom. The molecule has 2 aliphatic heterocycles. The van der Waals surface area contributed by atoms with E-state index in [0.29, 0.717) is 11.9 Å². The molecular weight excluding hydrogens is 176 g/mol. The van der Waals surface area contributed by atoms with Crippen LogP contribution in [0.3, 0.4) is 0 Å². The smallest absolute Gasteiger partial charge is 0.223 e. The number of nitrogens with one attached hydrogen (secondary N) is 1. The molecule has 2 heterocycles. The maximum Gasteiger partial charge on any atom is 0.223 e. The standard InChI is InChI=1S/C11H20N2O/c1-11(2)7-10(14)13(8-11)9-3-5-12-6-4-9/h9,12H,3-8H2,1-2H3. The van der Waals surface area contributed by atoms with Gasteiger partial charge in [0.1, 0.15) is 0 Å². The molecule has 0 bridgehead atoms. The van der Waals surface area contributed by atoms with E-state index in [2.05, 4.69) is 24.1 Å². The summed E-state index contributed by atoms with van der Waals surface area (Å²) in [5, 5.41) is 3.34. The van der Waals surface area contributed by atoms with Gasteiger partial charge < -0.3 is 10.2 Å². The zero-order valence-corrected chi connectivity index (χ0v) is 9.18. The molecule has 1 amide bonds. The first-order valence-electron chi connectivity index (χ1n) is 5.59. The normalized spacial score (nSPS) is 28.4. The average Bonchev–Trinajstić information content (AvgIpc) is 2.41. The Bertz CT molecular complexity index is 231. The van der Waals surface area contributed by atoms with Gasteiger partial charge >= 0.3 is 0 Å². The van der Waals surface area contributed by atoms with Gasteiger partial charge in [-0.2, -0.15) is 0 Å². The number of likely N-dealkylation sites (tertiary alicyclic amines) is 1. The van der Waals surface area contributed by atoms with E-state index in [-0.39, 0.29) is 5.41 Å². The number of carbonyl (C=O) groups excluding carboxylic acids is 1. The summed E-state index contributed by atoms with van der Waals surface area (Å²) in [5.74, 6) is 0.363. The third-order valence-corrected chi connectivity index (χ3v) is 3.30. The molecule has 1 N–H and O–H groups in total. The van der Waals surface area contributed by atoms with Gasteiger partial charge in [-0.05, 0) is 31.3 Å². The largest absolute Gasteiger partial charge is 0.339 e. The quantitative estimate of drug-likeness (QED) is 0.678. The van der Waals surface area contributed by atoms with Crippen molar-refractivity contribution < 1.29 is 4.79 Å². The fourth-order valence-electron chi connectivity index (χ4n) is 2.57. The van der Waals surface area contributed by atoms with Gasteiger partial charge in [0.2, 0.25) is 5.91 Å². The van der Waals surface area contributed by atoms with E-state index in [1.807, 2.05) is 0 Å². The van der Waals surface area contributed by atoms with Gasteiger partial charge in [0.25, 0.3) is 0 Å². The summed E-state index contributed by atoms with van der Waals surface area (Å²) < 4.78 is 0. The van der Waals surface area contributed by atoms with Crippen molar-refractivity contribution in [3.05, 3.63) is 0 Å². The van der Waals surface area contributed by atoms with Gasteiger partial charge in [0.05, 0.1) is 0 Å². The molecule has 80 valence electrons. The van der Waals surface area contributed by atoms with E-state index in [1.165, 1.54) is 0 Å². The van der Waals surface area contributed by atoms with Crippen molar-refractivity contribution in [2.24, 2.45) is 5.41 Å². The van der Waals surface area contributed by atoms with Crippen molar-refractivity contribution in [2.75, 3.05) is 19.6 Å². The van der Waals surface area contributed by atoms with Crippen LogP contribution in [0.15, 0.2) is 0 Å². The maximum absolute atomic E-state index is 11.8. The molecule has 0 saturated carbocycles. The minimum Gasteiger partial charge on any atom is -0.339 e. The highest BCUT2D eigenvalue weighted by molar-refractivity contribution is 5.79. The van der Waals surface area contributed by atoms with Crippen LogP contribution in [0.1, 0.15) is 33.1 Å². The van der Waals surface area contributed by atoms with Crippen molar-refractivity contribution in [2.45, 2.75) is 39.2 Å². The third kappa shape index (κ3) is 1.92. The average molecular weight is 196 g/mol. The van der Waals surface area contributed by atoms with Gasteiger partial charge in [-0.3, -0.25) is 4.79 Å². The van der Waals surface area contributed by atoms with Crippen LogP contribution in [0.5, 0.6) is 0 Å². The summed E-state index contributed by atoms with van der Waals surface area (Å²) in [5.41, 5.74) is 0.196. The van der Waals surface area contributed by atoms with Crippen LogP contribution in [0.25, 0.3) is 0 Å². The van der Waals surface area contributed by atoms with Crippen LogP contribution in [0.4, 0.5) is 0 Å². The minimum absolute atomic E-state index is 0.196. The highest BCUT2D eigenvalue weighted by Gasteiger charge is 2.39. The highest BCUT2D eigenvalue weighted by atomic mass is 16.2. The second kappa shape index (κ2) is 3.54. The zero-order valence-electron chi connectivity index (χ0n) is 9.18. The van der Waals surface area contributed by atoms with Gasteiger partial charge in [-0.1, -0.05) is 13.8 Å². The number of piperidine rings is 1. The van der Waals surface area contributed by atoms with Crippen LogP contribution in [0.2, 0.25) is 0 Å². The summed E-state index contributed by atoms with van der Waals surface area (Å²) in [6, 6.07) is 0.505. The molecule has 0 aromatic carbocycles. The van der Waals surface area contributed by atoms with E-state index in [0.717, 1.165) is 38.9 Å². The monoisotopic (exact) mass is 196 g/mol. The minimum atomic E-state index is 0.196. The van der Waals surface area contributed by atoms with Crippen molar-refractivity contribution >= 4 is 5.91 Å². The first-order valence-corrected chi connectivity index (χ1v) is 5.59. The summed E-state index contributed by atoms with van der Waals surface area (Å²) in [6.07, 6.45) is 2.99. The third-order valence-electron chi connectivity index (χ3n) is 3.30. The number of nitrogens with zero attached hydrogens (tertiary/aromatic N) is 1. The highest BCUT2D eigenvalue weighted by Crippen LogP contribution is 2.32. The van der Waals surface area contributed by atoms with Gasteiger partial charge in [0.15, 0.2) is 0 Å². The van der Waals surface area contributed by atoms with Gasteiger partial charge in [-0.15, -0.1) is 0 Å². The van der Waals surface area contributed by atoms with Crippen molar-refractivity contribution in [1.82, 2.24) is 10.2 Å². The molecule has 0 aromatic rings. The van der Waals surface area contributed by atoms with Gasteiger partial charge in [-0.25, -0.2) is 0 Å². The molecular formula is C11H20N2O. The summed E-state index contributed by atoms with van der Waals surface area (Å²) in [7, 11) is 0. The fourth-order valence-corrected chi connectivity index (χ4v) is 2.57. The number of rotatable bonds is 1. The number of carbonyl (C=O) groups is 1. The molecule has 0 aliphatic carbocycles. The van der Waals surface area contributed by atoms with Crippen LogP contribution in [0, 0.1) is 5.41 Å². The lowest BCUT2D eigenvalue weighted by Crippen LogP contribution is -2.44. The molecule has 0 spiro atoms. The molecule has 2 saturated heterocycles. The Balaban J connectivity index is 2.00. The van der Waals surface area contributed by atoms with E-state index < -0.39 is 0 Å². The molecule has 3 heteroatoms. The van der Waals surface area contributed by atoms with Crippen molar-refractivity contribution in [3.8, 4) is 0 Å². The lowest BCUT2D eigenvalue weighted by molar-refractivity contribution is -0.130. The first-order chi connectivity index (χ1) is 6.58. The lowest BCUT2D eigenvalue weighted by Gasteiger charge is -2.32. The number of hydrogen-bond acceptors (Lipinski definition) is 2. The molecule has 2 fully saturated rings. The molecule has 3 nitrogen and oxygen atoms in total. The molecule has 0 aromatic heterocycles. The van der Waals surface area contributed by atoms with E-state index in [4.69, 9.17) is 0 Å². The van der Waals surface area contributed by atoms with E-state index in [9.17, 15) is 4.79 Å². The predicted molar refractivity (Wildman–Crippen MR) is 56.0 cm³/mol. The fraction of sp³-hybridized carbons (Fsp3) is 0.909. The van der Waals surface area contributed by atoms with Crippen LogP contribution >= 0.6 is 0 Å².